The minimum atomic E-state index is 0.0224. The SMILES string of the molecule is CCCCCCCCCCCC(=O)OCCCCCCCCCCCCCCCCCCCCCCCCCCCCCCO. The first-order valence-electron chi connectivity index (χ1n) is 21.1. The van der Waals surface area contributed by atoms with Crippen molar-refractivity contribution in [1.29, 1.82) is 0 Å². The Morgan fingerprint density at radius 3 is 0.889 bits per heavy atom. The third kappa shape index (κ3) is 41.4. The van der Waals surface area contributed by atoms with E-state index in [1.165, 1.54) is 218 Å². The first kappa shape index (κ1) is 44.4. The van der Waals surface area contributed by atoms with Crippen LogP contribution in [-0.4, -0.2) is 24.3 Å². The van der Waals surface area contributed by atoms with Gasteiger partial charge in [-0.3, -0.25) is 4.79 Å². The summed E-state index contributed by atoms with van der Waals surface area (Å²) in [7, 11) is 0. The van der Waals surface area contributed by atoms with Crippen LogP contribution in [0.25, 0.3) is 0 Å². The summed E-state index contributed by atoms with van der Waals surface area (Å²) in [4.78, 5) is 11.9. The minimum absolute atomic E-state index is 0.0224. The van der Waals surface area contributed by atoms with Crippen LogP contribution in [0.1, 0.15) is 251 Å². The molecule has 0 saturated heterocycles. The zero-order valence-electron chi connectivity index (χ0n) is 31.0. The Balaban J connectivity index is 3.10. The molecule has 270 valence electrons. The van der Waals surface area contributed by atoms with E-state index >= 15 is 0 Å². The molecule has 3 nitrogen and oxygen atoms in total. The van der Waals surface area contributed by atoms with Crippen molar-refractivity contribution in [3.05, 3.63) is 0 Å². The van der Waals surface area contributed by atoms with Crippen LogP contribution in [0, 0.1) is 0 Å². The molecular formula is C42H84O3. The van der Waals surface area contributed by atoms with Gasteiger partial charge in [-0.05, 0) is 19.3 Å². The van der Waals surface area contributed by atoms with Gasteiger partial charge in [0.2, 0.25) is 0 Å². The number of unbranched alkanes of at least 4 members (excludes halogenated alkanes) is 35. The molecule has 1 N–H and O–H groups in total. The van der Waals surface area contributed by atoms with Crippen LogP contribution in [-0.2, 0) is 9.53 Å². The highest BCUT2D eigenvalue weighted by atomic mass is 16.5. The van der Waals surface area contributed by atoms with Crippen LogP contribution in [0.15, 0.2) is 0 Å². The third-order valence-electron chi connectivity index (χ3n) is 9.80. The molecule has 0 atom stereocenters. The van der Waals surface area contributed by atoms with E-state index in [2.05, 4.69) is 6.92 Å². The monoisotopic (exact) mass is 637 g/mol. The predicted octanol–water partition coefficient (Wildman–Crippen LogP) is 14.4. The summed E-state index contributed by atoms with van der Waals surface area (Å²) in [5.74, 6) is 0.0224. The van der Waals surface area contributed by atoms with E-state index in [-0.39, 0.29) is 5.97 Å². The molecule has 0 radical (unpaired) electrons. The van der Waals surface area contributed by atoms with E-state index in [0.717, 1.165) is 19.3 Å². The van der Waals surface area contributed by atoms with Crippen LogP contribution >= 0.6 is 0 Å². The summed E-state index contributed by atoms with van der Waals surface area (Å²) < 4.78 is 5.43. The Labute approximate surface area is 284 Å². The maximum Gasteiger partial charge on any atom is 0.305 e. The minimum Gasteiger partial charge on any atom is -0.466 e. The lowest BCUT2D eigenvalue weighted by molar-refractivity contribution is -0.143. The van der Waals surface area contributed by atoms with Gasteiger partial charge >= 0.3 is 5.97 Å². The zero-order valence-corrected chi connectivity index (χ0v) is 31.0. The number of hydrogen-bond donors (Lipinski definition) is 1. The molecule has 0 bridgehead atoms. The molecule has 0 heterocycles. The van der Waals surface area contributed by atoms with Gasteiger partial charge in [-0.15, -0.1) is 0 Å². The number of carbonyl (C=O) groups excluding carboxylic acids is 1. The lowest BCUT2D eigenvalue weighted by atomic mass is 10.0. The number of rotatable bonds is 40. The molecule has 0 amide bonds. The van der Waals surface area contributed by atoms with E-state index < -0.39 is 0 Å². The van der Waals surface area contributed by atoms with Crippen LogP contribution < -0.4 is 0 Å². The van der Waals surface area contributed by atoms with Gasteiger partial charge in [0.05, 0.1) is 6.61 Å². The summed E-state index contributed by atoms with van der Waals surface area (Å²) in [5, 5.41) is 8.80. The molecule has 0 unspecified atom stereocenters. The standard InChI is InChI=1S/C42H84O3/c1-2-3-4-5-6-27-30-33-36-39-42(44)45-41-38-35-32-29-26-24-22-20-18-16-14-12-10-8-7-9-11-13-15-17-19-21-23-25-28-31-34-37-40-43/h43H,2-41H2,1H3. The Morgan fingerprint density at radius 2 is 0.600 bits per heavy atom. The maximum atomic E-state index is 11.9. The normalized spacial score (nSPS) is 11.4. The molecule has 0 spiro atoms. The van der Waals surface area contributed by atoms with Crippen molar-refractivity contribution in [3.8, 4) is 0 Å². The molecule has 0 aromatic heterocycles. The number of hydrogen-bond acceptors (Lipinski definition) is 3. The second kappa shape index (κ2) is 41.5. The molecule has 0 aliphatic heterocycles. The fourth-order valence-electron chi connectivity index (χ4n) is 6.65. The highest BCUT2D eigenvalue weighted by Gasteiger charge is 2.03. The summed E-state index contributed by atoms with van der Waals surface area (Å²) >= 11 is 0. The lowest BCUT2D eigenvalue weighted by Crippen LogP contribution is -2.05. The molecule has 0 rings (SSSR count). The van der Waals surface area contributed by atoms with E-state index in [1.807, 2.05) is 0 Å². The average molecular weight is 637 g/mol. The Bertz CT molecular complexity index is 534. The second-order valence-electron chi connectivity index (χ2n) is 14.4. The maximum absolute atomic E-state index is 11.9. The first-order valence-corrected chi connectivity index (χ1v) is 21.1. The molecule has 0 aliphatic carbocycles. The van der Waals surface area contributed by atoms with Crippen molar-refractivity contribution in [3.63, 3.8) is 0 Å². The summed E-state index contributed by atoms with van der Waals surface area (Å²) in [6.45, 7) is 3.26. The lowest BCUT2D eigenvalue weighted by Gasteiger charge is -2.06. The summed E-state index contributed by atoms with van der Waals surface area (Å²) in [6, 6.07) is 0. The van der Waals surface area contributed by atoms with E-state index in [4.69, 9.17) is 9.84 Å². The van der Waals surface area contributed by atoms with Crippen LogP contribution in [0.5, 0.6) is 0 Å². The third-order valence-corrected chi connectivity index (χ3v) is 9.80. The molecule has 0 fully saturated rings. The van der Waals surface area contributed by atoms with Crippen molar-refractivity contribution < 1.29 is 14.6 Å². The molecule has 0 aromatic rings. The highest BCUT2D eigenvalue weighted by molar-refractivity contribution is 5.69. The van der Waals surface area contributed by atoms with Gasteiger partial charge in [0, 0.05) is 13.0 Å². The van der Waals surface area contributed by atoms with Crippen LogP contribution in [0.4, 0.5) is 0 Å². The van der Waals surface area contributed by atoms with E-state index in [1.54, 1.807) is 0 Å². The Kier molecular flexibility index (Phi) is 40.9. The molecule has 0 saturated carbocycles. The van der Waals surface area contributed by atoms with Crippen molar-refractivity contribution in [2.24, 2.45) is 0 Å². The topological polar surface area (TPSA) is 46.5 Å². The first-order chi connectivity index (χ1) is 22.3. The molecule has 0 aliphatic rings. The zero-order chi connectivity index (χ0) is 32.6. The van der Waals surface area contributed by atoms with Gasteiger partial charge in [-0.25, -0.2) is 0 Å². The van der Waals surface area contributed by atoms with Gasteiger partial charge in [0.15, 0.2) is 0 Å². The van der Waals surface area contributed by atoms with Crippen molar-refractivity contribution in [2.75, 3.05) is 13.2 Å². The number of aliphatic hydroxyl groups is 1. The number of carbonyl (C=O) groups is 1. The fraction of sp³-hybridized carbons (Fsp3) is 0.976. The quantitative estimate of drug-likeness (QED) is 0.0537. The van der Waals surface area contributed by atoms with Gasteiger partial charge in [-0.2, -0.15) is 0 Å². The van der Waals surface area contributed by atoms with Crippen molar-refractivity contribution >= 4 is 5.97 Å². The van der Waals surface area contributed by atoms with Gasteiger partial charge in [0.25, 0.3) is 0 Å². The number of esters is 1. The van der Waals surface area contributed by atoms with Crippen LogP contribution in [0.3, 0.4) is 0 Å². The molecular weight excluding hydrogens is 552 g/mol. The number of aliphatic hydroxyl groups excluding tert-OH is 1. The Hall–Kier alpha value is -0.570. The predicted molar refractivity (Wildman–Crippen MR) is 199 cm³/mol. The smallest absolute Gasteiger partial charge is 0.305 e. The second-order valence-corrected chi connectivity index (χ2v) is 14.4. The van der Waals surface area contributed by atoms with Crippen molar-refractivity contribution in [2.45, 2.75) is 251 Å². The Morgan fingerprint density at radius 1 is 0.356 bits per heavy atom. The summed E-state index contributed by atoms with van der Waals surface area (Å²) in [6.07, 6.45) is 50.8. The average Bonchev–Trinajstić information content (AvgIpc) is 3.05. The van der Waals surface area contributed by atoms with Crippen molar-refractivity contribution in [1.82, 2.24) is 0 Å². The van der Waals surface area contributed by atoms with E-state index in [0.29, 0.717) is 19.6 Å². The van der Waals surface area contributed by atoms with Gasteiger partial charge in [-0.1, -0.05) is 225 Å². The summed E-state index contributed by atoms with van der Waals surface area (Å²) in [5.41, 5.74) is 0. The van der Waals surface area contributed by atoms with Gasteiger partial charge < -0.3 is 9.84 Å². The fourth-order valence-corrected chi connectivity index (χ4v) is 6.65. The molecule has 3 heteroatoms. The molecule has 45 heavy (non-hydrogen) atoms. The number of ether oxygens (including phenoxy) is 1. The molecule has 0 aromatic carbocycles. The highest BCUT2D eigenvalue weighted by Crippen LogP contribution is 2.16. The van der Waals surface area contributed by atoms with Crippen LogP contribution in [0.2, 0.25) is 0 Å². The van der Waals surface area contributed by atoms with E-state index in [9.17, 15) is 4.79 Å². The van der Waals surface area contributed by atoms with Gasteiger partial charge in [0.1, 0.15) is 0 Å². The largest absolute Gasteiger partial charge is 0.466 e.